The lowest BCUT2D eigenvalue weighted by Gasteiger charge is -2.25. The van der Waals surface area contributed by atoms with E-state index in [1.807, 2.05) is 43.3 Å². The fraction of sp³-hybridized carbons (Fsp3) is 0.240. The topological polar surface area (TPSA) is 79.1 Å². The second-order valence-corrected chi connectivity index (χ2v) is 8.61. The lowest BCUT2D eigenvalue weighted by molar-refractivity contribution is -0.136. The maximum atomic E-state index is 13.6. The Morgan fingerprint density at radius 3 is 2.36 bits per heavy atom. The van der Waals surface area contributed by atoms with Gasteiger partial charge in [-0.3, -0.25) is 9.36 Å². The number of esters is 1. The molecule has 170 valence electrons. The number of hydrogen-bond acceptors (Lipinski definition) is 7. The number of aromatic nitrogens is 1. The Morgan fingerprint density at radius 2 is 1.73 bits per heavy atom. The Kier molecular flexibility index (Phi) is 6.20. The molecule has 1 unspecified atom stereocenters. The molecular weight excluding hydrogens is 440 g/mol. The molecule has 0 radical (unpaired) electrons. The molecular formula is C25H24N2O5S. The fourth-order valence-corrected chi connectivity index (χ4v) is 4.89. The number of nitrogens with zero attached hydrogens (tertiary/aromatic N) is 2. The fourth-order valence-electron chi connectivity index (χ4n) is 3.84. The van der Waals surface area contributed by atoms with Crippen LogP contribution in [0.15, 0.2) is 63.5 Å². The summed E-state index contributed by atoms with van der Waals surface area (Å²) in [6, 6.07) is 12.5. The number of carbonyl (C=O) groups excluding carboxylic acids is 1. The smallest absolute Gasteiger partial charge is 0.338 e. The summed E-state index contributed by atoms with van der Waals surface area (Å²) in [6.45, 7) is 3.76. The molecule has 4 rings (SSSR count). The van der Waals surface area contributed by atoms with Crippen molar-refractivity contribution >= 4 is 23.4 Å². The van der Waals surface area contributed by atoms with Crippen molar-refractivity contribution in [3.8, 4) is 11.5 Å². The van der Waals surface area contributed by atoms with Crippen molar-refractivity contribution in [3.05, 3.63) is 90.1 Å². The van der Waals surface area contributed by atoms with Crippen LogP contribution >= 0.6 is 11.3 Å². The number of allylic oxidation sites excluding steroid dienone is 1. The predicted molar refractivity (Wildman–Crippen MR) is 127 cm³/mol. The highest BCUT2D eigenvalue weighted by Gasteiger charge is 2.33. The van der Waals surface area contributed by atoms with Crippen molar-refractivity contribution in [2.75, 3.05) is 21.3 Å². The van der Waals surface area contributed by atoms with Crippen LogP contribution in [0, 0.1) is 6.92 Å². The zero-order valence-corrected chi connectivity index (χ0v) is 19.9. The molecule has 8 heteroatoms. The Balaban J connectivity index is 1.97. The molecule has 0 amide bonds. The van der Waals surface area contributed by atoms with Gasteiger partial charge in [-0.2, -0.15) is 0 Å². The Labute approximate surface area is 194 Å². The highest BCUT2D eigenvalue weighted by molar-refractivity contribution is 7.07. The lowest BCUT2D eigenvalue weighted by Crippen LogP contribution is -2.39. The molecule has 1 aliphatic heterocycles. The molecule has 0 N–H and O–H groups in total. The zero-order chi connectivity index (χ0) is 23.7. The molecule has 0 aliphatic carbocycles. The number of thiazole rings is 1. The van der Waals surface area contributed by atoms with Gasteiger partial charge in [0.2, 0.25) is 0 Å². The van der Waals surface area contributed by atoms with Crippen LogP contribution in [0.25, 0.3) is 6.08 Å². The van der Waals surface area contributed by atoms with Crippen LogP contribution < -0.4 is 24.4 Å². The van der Waals surface area contributed by atoms with Crippen molar-refractivity contribution in [2.24, 2.45) is 4.99 Å². The molecule has 3 aromatic rings. The molecule has 1 aromatic heterocycles. The minimum atomic E-state index is -0.714. The predicted octanol–water partition coefficient (Wildman–Crippen LogP) is 2.73. The van der Waals surface area contributed by atoms with Crippen molar-refractivity contribution in [1.29, 1.82) is 0 Å². The first-order valence-corrected chi connectivity index (χ1v) is 11.1. The van der Waals surface area contributed by atoms with E-state index in [2.05, 4.69) is 4.99 Å². The van der Waals surface area contributed by atoms with Gasteiger partial charge in [0.05, 0.1) is 43.2 Å². The van der Waals surface area contributed by atoms with Crippen molar-refractivity contribution in [3.63, 3.8) is 0 Å². The summed E-state index contributed by atoms with van der Waals surface area (Å²) >= 11 is 1.29. The highest BCUT2D eigenvalue weighted by Crippen LogP contribution is 2.35. The van der Waals surface area contributed by atoms with Gasteiger partial charge in [0.15, 0.2) is 16.3 Å². The SMILES string of the molecule is COC(=O)C1=C(C)N=c2s/c(=C/c3ccc(C)cc3)c(=O)n2C1c1ccc(OC)c(OC)c1. The molecule has 2 aromatic carbocycles. The second kappa shape index (κ2) is 9.07. The van der Waals surface area contributed by atoms with Crippen LogP contribution in [0.1, 0.15) is 29.7 Å². The summed E-state index contributed by atoms with van der Waals surface area (Å²) in [5.41, 5.74) is 3.32. The van der Waals surface area contributed by atoms with E-state index < -0.39 is 12.0 Å². The number of carbonyl (C=O) groups is 1. The van der Waals surface area contributed by atoms with Crippen LogP contribution in [-0.4, -0.2) is 31.9 Å². The second-order valence-electron chi connectivity index (χ2n) is 7.60. The van der Waals surface area contributed by atoms with Gasteiger partial charge < -0.3 is 14.2 Å². The Hall–Kier alpha value is -3.65. The molecule has 0 saturated heterocycles. The standard InChI is InChI=1S/C25H24N2O5S/c1-14-6-8-16(9-7-14)12-20-23(28)27-22(17-10-11-18(30-3)19(13-17)31-4)21(24(29)32-5)15(2)26-25(27)33-20/h6-13,22H,1-5H3/b20-12+. The van der Waals surface area contributed by atoms with Gasteiger partial charge in [0, 0.05) is 0 Å². The van der Waals surface area contributed by atoms with Crippen LogP contribution in [-0.2, 0) is 9.53 Å². The normalized spacial score (nSPS) is 15.7. The molecule has 1 aliphatic rings. The number of rotatable bonds is 5. The van der Waals surface area contributed by atoms with E-state index in [0.29, 0.717) is 37.7 Å². The van der Waals surface area contributed by atoms with Gasteiger partial charge in [-0.15, -0.1) is 0 Å². The molecule has 0 fully saturated rings. The average molecular weight is 465 g/mol. The quantitative estimate of drug-likeness (QED) is 0.543. The molecule has 0 saturated carbocycles. The summed E-state index contributed by atoms with van der Waals surface area (Å²) in [4.78, 5) is 31.4. The number of aryl methyl sites for hydroxylation is 1. The third-order valence-electron chi connectivity index (χ3n) is 5.53. The van der Waals surface area contributed by atoms with E-state index in [1.165, 1.54) is 25.6 Å². The van der Waals surface area contributed by atoms with Crippen molar-refractivity contribution < 1.29 is 19.0 Å². The van der Waals surface area contributed by atoms with Crippen LogP contribution in [0.4, 0.5) is 0 Å². The van der Waals surface area contributed by atoms with Gasteiger partial charge in [-0.05, 0) is 43.2 Å². The van der Waals surface area contributed by atoms with E-state index in [9.17, 15) is 9.59 Å². The summed E-state index contributed by atoms with van der Waals surface area (Å²) in [5.74, 6) is 0.507. The minimum absolute atomic E-state index is 0.229. The number of ether oxygens (including phenoxy) is 3. The minimum Gasteiger partial charge on any atom is -0.493 e. The maximum absolute atomic E-state index is 13.6. The molecule has 1 atom stereocenters. The van der Waals surface area contributed by atoms with Gasteiger partial charge >= 0.3 is 5.97 Å². The third kappa shape index (κ3) is 4.09. The first-order valence-electron chi connectivity index (χ1n) is 10.3. The van der Waals surface area contributed by atoms with Gasteiger partial charge in [-0.1, -0.05) is 47.2 Å². The van der Waals surface area contributed by atoms with Gasteiger partial charge in [-0.25, -0.2) is 9.79 Å². The molecule has 2 heterocycles. The first kappa shape index (κ1) is 22.5. The van der Waals surface area contributed by atoms with E-state index >= 15 is 0 Å². The number of benzene rings is 2. The van der Waals surface area contributed by atoms with Gasteiger partial charge in [0.25, 0.3) is 5.56 Å². The lowest BCUT2D eigenvalue weighted by atomic mass is 9.95. The van der Waals surface area contributed by atoms with Crippen molar-refractivity contribution in [2.45, 2.75) is 19.9 Å². The summed E-state index contributed by atoms with van der Waals surface area (Å²) in [6.07, 6.45) is 1.84. The molecule has 33 heavy (non-hydrogen) atoms. The first-order chi connectivity index (χ1) is 15.9. The summed E-state index contributed by atoms with van der Waals surface area (Å²) < 4.78 is 17.9. The molecule has 7 nitrogen and oxygen atoms in total. The largest absolute Gasteiger partial charge is 0.493 e. The van der Waals surface area contributed by atoms with Crippen LogP contribution in [0.3, 0.4) is 0 Å². The number of methoxy groups -OCH3 is 3. The Bertz CT molecular complexity index is 1430. The van der Waals surface area contributed by atoms with Gasteiger partial charge in [0.1, 0.15) is 0 Å². The van der Waals surface area contributed by atoms with Crippen LogP contribution in [0.2, 0.25) is 0 Å². The van der Waals surface area contributed by atoms with E-state index in [-0.39, 0.29) is 5.56 Å². The summed E-state index contributed by atoms with van der Waals surface area (Å²) in [5, 5.41) is 0. The van der Waals surface area contributed by atoms with E-state index in [0.717, 1.165) is 11.1 Å². The number of fused-ring (bicyclic) bond motifs is 1. The maximum Gasteiger partial charge on any atom is 0.338 e. The monoisotopic (exact) mass is 464 g/mol. The third-order valence-corrected chi connectivity index (χ3v) is 6.51. The average Bonchev–Trinajstić information content (AvgIpc) is 3.13. The van der Waals surface area contributed by atoms with E-state index in [4.69, 9.17) is 14.2 Å². The van der Waals surface area contributed by atoms with E-state index in [1.54, 1.807) is 30.7 Å². The van der Waals surface area contributed by atoms with Crippen molar-refractivity contribution in [1.82, 2.24) is 4.57 Å². The van der Waals surface area contributed by atoms with Crippen LogP contribution in [0.5, 0.6) is 11.5 Å². The summed E-state index contributed by atoms with van der Waals surface area (Å²) in [7, 11) is 4.41. The molecule has 0 spiro atoms. The Morgan fingerprint density at radius 1 is 1.03 bits per heavy atom. The molecule has 0 bridgehead atoms. The zero-order valence-electron chi connectivity index (χ0n) is 19.0. The highest BCUT2D eigenvalue weighted by atomic mass is 32.1. The number of hydrogen-bond donors (Lipinski definition) is 0.